The number of benzene rings is 2. The minimum atomic E-state index is -1.40. The van der Waals surface area contributed by atoms with Crippen molar-refractivity contribution in [1.82, 2.24) is 0 Å². The average molecular weight is 285 g/mol. The van der Waals surface area contributed by atoms with E-state index in [4.69, 9.17) is 9.47 Å². The number of Topliss-reactive ketones (excluding diaryl/α,β-unsaturated/α-hetero) is 1. The molecule has 0 saturated heterocycles. The first-order chi connectivity index (χ1) is 10.2. The Hall–Kier alpha value is -1.97. The molecule has 2 rings (SSSR count). The highest BCUT2D eigenvalue weighted by molar-refractivity contribution is 6.02. The number of methoxy groups -OCH3 is 2. The number of rotatable bonds is 5. The van der Waals surface area contributed by atoms with Gasteiger partial charge in [-0.3, -0.25) is 4.79 Å². The van der Waals surface area contributed by atoms with Crippen LogP contribution < -0.4 is 0 Å². The Morgan fingerprint density at radius 3 is 1.71 bits per heavy atom. The van der Waals surface area contributed by atoms with Gasteiger partial charge in [-0.05, 0) is 0 Å². The molecule has 21 heavy (non-hydrogen) atoms. The summed E-state index contributed by atoms with van der Waals surface area (Å²) in [6.07, 6.45) is 0. The van der Waals surface area contributed by atoms with Crippen LogP contribution in [0.25, 0.3) is 0 Å². The highest BCUT2D eigenvalue weighted by atomic mass is 16.7. The molecule has 0 fully saturated rings. The molecule has 0 aliphatic carbocycles. The van der Waals surface area contributed by atoms with Gasteiger partial charge in [0.25, 0.3) is 5.79 Å². The van der Waals surface area contributed by atoms with Gasteiger partial charge >= 0.3 is 0 Å². The first-order valence-electron chi connectivity index (χ1n) is 6.71. The van der Waals surface area contributed by atoms with E-state index in [0.717, 1.165) is 0 Å². The molecule has 0 amide bonds. The van der Waals surface area contributed by atoms with Crippen molar-refractivity contribution in [2.45, 2.75) is 12.7 Å². The highest BCUT2D eigenvalue weighted by Crippen LogP contribution is 2.30. The van der Waals surface area contributed by atoms with E-state index in [9.17, 15) is 4.79 Å². The molecule has 111 valence electrons. The van der Waals surface area contributed by atoms with E-state index in [2.05, 4.69) is 6.92 Å². The van der Waals surface area contributed by atoms with E-state index in [1.54, 1.807) is 19.1 Å². The zero-order chi connectivity index (χ0) is 15.7. The molecule has 2 aromatic carbocycles. The first-order valence-corrected chi connectivity index (χ1v) is 6.71. The van der Waals surface area contributed by atoms with Gasteiger partial charge < -0.3 is 9.47 Å². The van der Waals surface area contributed by atoms with Crippen molar-refractivity contribution in [3.05, 3.63) is 78.7 Å². The molecular weight excluding hydrogens is 264 g/mol. The Kier molecular flexibility index (Phi) is 6.79. The predicted molar refractivity (Wildman–Crippen MR) is 83.9 cm³/mol. The van der Waals surface area contributed by atoms with E-state index in [1.807, 2.05) is 48.5 Å². The number of ether oxygens (including phenoxy) is 2. The van der Waals surface area contributed by atoms with Crippen LogP contribution in [0.5, 0.6) is 0 Å². The van der Waals surface area contributed by atoms with Crippen molar-refractivity contribution >= 4 is 5.78 Å². The number of carbonyl (C=O) groups excluding carboxylic acids is 1. The van der Waals surface area contributed by atoms with Gasteiger partial charge in [-0.1, -0.05) is 74.5 Å². The smallest absolute Gasteiger partial charge is 0.260 e. The second kappa shape index (κ2) is 8.35. The summed E-state index contributed by atoms with van der Waals surface area (Å²) in [4.78, 5) is 12.7. The van der Waals surface area contributed by atoms with Crippen LogP contribution in [0.1, 0.15) is 22.8 Å². The molecule has 0 aliphatic heterocycles. The lowest BCUT2D eigenvalue weighted by Gasteiger charge is -2.29. The van der Waals surface area contributed by atoms with Crippen molar-refractivity contribution in [2.75, 3.05) is 14.2 Å². The van der Waals surface area contributed by atoms with Crippen LogP contribution in [0.15, 0.2) is 60.7 Å². The van der Waals surface area contributed by atoms with Crippen LogP contribution in [0, 0.1) is 6.92 Å². The fourth-order valence-electron chi connectivity index (χ4n) is 2.07. The molecule has 1 radical (unpaired) electrons. The maximum atomic E-state index is 12.7. The van der Waals surface area contributed by atoms with Crippen LogP contribution >= 0.6 is 0 Å². The maximum Gasteiger partial charge on any atom is 0.260 e. The summed E-state index contributed by atoms with van der Waals surface area (Å²) >= 11 is 0. The lowest BCUT2D eigenvalue weighted by Crippen LogP contribution is -2.39. The molecule has 0 heterocycles. The first kappa shape index (κ1) is 17.1. The Morgan fingerprint density at radius 2 is 1.29 bits per heavy atom. The highest BCUT2D eigenvalue weighted by Gasteiger charge is 2.41. The zero-order valence-corrected chi connectivity index (χ0v) is 12.7. The predicted octanol–water partition coefficient (Wildman–Crippen LogP) is 3.86. The van der Waals surface area contributed by atoms with Crippen molar-refractivity contribution in [1.29, 1.82) is 0 Å². The number of hydrogen-bond donors (Lipinski definition) is 0. The van der Waals surface area contributed by atoms with Crippen LogP contribution in [-0.4, -0.2) is 20.0 Å². The van der Waals surface area contributed by atoms with Gasteiger partial charge in [-0.25, -0.2) is 0 Å². The minimum Gasteiger partial charge on any atom is -0.343 e. The summed E-state index contributed by atoms with van der Waals surface area (Å²) in [7, 11) is 2.94. The zero-order valence-electron chi connectivity index (χ0n) is 12.7. The molecule has 2 aromatic rings. The number of ketones is 1. The summed E-state index contributed by atoms with van der Waals surface area (Å²) in [6, 6.07) is 18.2. The van der Waals surface area contributed by atoms with Gasteiger partial charge in [-0.15, -0.1) is 0 Å². The summed E-state index contributed by atoms with van der Waals surface area (Å²) in [6.45, 7) is 5.00. The topological polar surface area (TPSA) is 35.5 Å². The molecular formula is C18H21O3. The Morgan fingerprint density at radius 1 is 0.857 bits per heavy atom. The van der Waals surface area contributed by atoms with Gasteiger partial charge in [-0.2, -0.15) is 0 Å². The van der Waals surface area contributed by atoms with Crippen LogP contribution in [0.3, 0.4) is 0 Å². The maximum absolute atomic E-state index is 12.7. The fraction of sp³-hybridized carbons (Fsp3) is 0.222. The molecule has 0 spiro atoms. The molecule has 0 N–H and O–H groups in total. The van der Waals surface area contributed by atoms with Gasteiger partial charge in [0.05, 0.1) is 0 Å². The summed E-state index contributed by atoms with van der Waals surface area (Å²) in [5.74, 6) is -1.62. The van der Waals surface area contributed by atoms with Crippen molar-refractivity contribution < 1.29 is 14.3 Å². The van der Waals surface area contributed by atoms with E-state index in [-0.39, 0.29) is 5.78 Å². The largest absolute Gasteiger partial charge is 0.343 e. The molecule has 3 nitrogen and oxygen atoms in total. The third-order valence-electron chi connectivity index (χ3n) is 3.06. The average Bonchev–Trinajstić information content (AvgIpc) is 2.60. The second-order valence-electron chi connectivity index (χ2n) is 4.09. The van der Waals surface area contributed by atoms with E-state index < -0.39 is 5.79 Å². The van der Waals surface area contributed by atoms with Crippen molar-refractivity contribution in [3.8, 4) is 0 Å². The summed E-state index contributed by atoms with van der Waals surface area (Å²) in [5, 5.41) is 0. The van der Waals surface area contributed by atoms with Crippen LogP contribution in [0.4, 0.5) is 0 Å². The van der Waals surface area contributed by atoms with Gasteiger partial charge in [0.2, 0.25) is 5.78 Å². The lowest BCUT2D eigenvalue weighted by atomic mass is 9.96. The third kappa shape index (κ3) is 3.57. The molecule has 0 bridgehead atoms. The normalized spacial score (nSPS) is 10.5. The number of carbonyl (C=O) groups is 1. The summed E-state index contributed by atoms with van der Waals surface area (Å²) < 4.78 is 10.8. The van der Waals surface area contributed by atoms with Crippen LogP contribution in [0.2, 0.25) is 0 Å². The lowest BCUT2D eigenvalue weighted by molar-refractivity contribution is -0.176. The molecule has 0 unspecified atom stereocenters. The molecule has 0 aromatic heterocycles. The van der Waals surface area contributed by atoms with Gasteiger partial charge in [0.15, 0.2) is 0 Å². The Balaban J connectivity index is 0.00000106. The second-order valence-corrected chi connectivity index (χ2v) is 4.09. The molecule has 0 saturated carbocycles. The SMILES string of the molecule is COC(OC)(C(=O)c1ccccc1)c1ccccc1.[CH2]C. The Bertz CT molecular complexity index is 531. The minimum absolute atomic E-state index is 0.218. The molecule has 3 heteroatoms. The van der Waals surface area contributed by atoms with Gasteiger partial charge in [0.1, 0.15) is 0 Å². The van der Waals surface area contributed by atoms with E-state index in [0.29, 0.717) is 11.1 Å². The van der Waals surface area contributed by atoms with Crippen molar-refractivity contribution in [2.24, 2.45) is 0 Å². The monoisotopic (exact) mass is 285 g/mol. The van der Waals surface area contributed by atoms with Gasteiger partial charge in [0, 0.05) is 25.3 Å². The van der Waals surface area contributed by atoms with E-state index >= 15 is 0 Å². The summed E-state index contributed by atoms with van der Waals surface area (Å²) in [5.41, 5.74) is 1.23. The van der Waals surface area contributed by atoms with Crippen LogP contribution in [-0.2, 0) is 15.3 Å². The fourth-order valence-corrected chi connectivity index (χ4v) is 2.07. The molecule has 0 atom stereocenters. The third-order valence-corrected chi connectivity index (χ3v) is 3.06. The van der Waals surface area contributed by atoms with E-state index in [1.165, 1.54) is 14.2 Å². The molecule has 0 aliphatic rings. The standard InChI is InChI=1S/C16H16O3.C2H5/c1-18-16(19-2,14-11-7-4-8-12-14)15(17)13-9-5-3-6-10-13;1-2/h3-12H,1-2H3;1H2,2H3. The Labute approximate surface area is 126 Å². The number of hydrogen-bond acceptors (Lipinski definition) is 3. The van der Waals surface area contributed by atoms with Crippen molar-refractivity contribution in [3.63, 3.8) is 0 Å². The quantitative estimate of drug-likeness (QED) is 0.618.